The van der Waals surface area contributed by atoms with Gasteiger partial charge in [0.1, 0.15) is 13.2 Å². The molecule has 2 aromatic rings. The number of amides is 1. The molecule has 2 aromatic carbocycles. The highest BCUT2D eigenvalue weighted by Crippen LogP contribution is 2.32. The van der Waals surface area contributed by atoms with Crippen molar-refractivity contribution in [1.29, 1.82) is 0 Å². The van der Waals surface area contributed by atoms with Crippen LogP contribution in [0, 0.1) is 6.92 Å². The summed E-state index contributed by atoms with van der Waals surface area (Å²) in [5.74, 6) is 1.41. The largest absolute Gasteiger partial charge is 0.486 e. The number of ether oxygens (including phenoxy) is 2. The Bertz CT molecular complexity index is 679. The van der Waals surface area contributed by atoms with Gasteiger partial charge in [-0.05, 0) is 43.7 Å². The Kier molecular flexibility index (Phi) is 4.00. The molecule has 0 saturated carbocycles. The van der Waals surface area contributed by atoms with Crippen LogP contribution in [0.5, 0.6) is 11.5 Å². The number of carbonyl (C=O) groups is 1. The molecule has 4 heteroatoms. The van der Waals surface area contributed by atoms with E-state index in [1.165, 1.54) is 0 Å². The lowest BCUT2D eigenvalue weighted by Crippen LogP contribution is -2.26. The molecule has 1 N–H and O–H groups in total. The summed E-state index contributed by atoms with van der Waals surface area (Å²) < 4.78 is 11.1. The van der Waals surface area contributed by atoms with E-state index >= 15 is 0 Å². The van der Waals surface area contributed by atoms with E-state index in [9.17, 15) is 4.79 Å². The van der Waals surface area contributed by atoms with Crippen molar-refractivity contribution in [2.75, 3.05) is 13.2 Å². The number of fused-ring (bicyclic) bond motifs is 1. The molecule has 1 atom stereocenters. The van der Waals surface area contributed by atoms with Crippen LogP contribution in [0.1, 0.15) is 34.5 Å². The summed E-state index contributed by atoms with van der Waals surface area (Å²) in [6.07, 6.45) is 0. The predicted octanol–water partition coefficient (Wildman–Crippen LogP) is 3.26. The number of rotatable bonds is 3. The molecule has 22 heavy (non-hydrogen) atoms. The van der Waals surface area contributed by atoms with Gasteiger partial charge < -0.3 is 14.8 Å². The fourth-order valence-corrected chi connectivity index (χ4v) is 2.40. The topological polar surface area (TPSA) is 47.6 Å². The van der Waals surface area contributed by atoms with E-state index < -0.39 is 0 Å². The van der Waals surface area contributed by atoms with Crippen LogP contribution in [0.25, 0.3) is 0 Å². The van der Waals surface area contributed by atoms with Crippen LogP contribution >= 0.6 is 0 Å². The Morgan fingerprint density at radius 2 is 1.73 bits per heavy atom. The van der Waals surface area contributed by atoms with Crippen molar-refractivity contribution in [2.45, 2.75) is 19.9 Å². The van der Waals surface area contributed by atoms with Crippen LogP contribution in [0.15, 0.2) is 42.5 Å². The Balaban J connectivity index is 1.72. The molecule has 0 bridgehead atoms. The maximum Gasteiger partial charge on any atom is 0.251 e. The predicted molar refractivity (Wildman–Crippen MR) is 84.5 cm³/mol. The Morgan fingerprint density at radius 3 is 2.45 bits per heavy atom. The minimum Gasteiger partial charge on any atom is -0.486 e. The lowest BCUT2D eigenvalue weighted by Gasteiger charge is -2.21. The van der Waals surface area contributed by atoms with E-state index in [4.69, 9.17) is 9.47 Å². The quantitative estimate of drug-likeness (QED) is 0.946. The number of carbonyl (C=O) groups excluding carboxylic acids is 1. The van der Waals surface area contributed by atoms with Gasteiger partial charge in [0.05, 0.1) is 6.04 Å². The summed E-state index contributed by atoms with van der Waals surface area (Å²) in [5, 5.41) is 3.00. The average Bonchev–Trinajstić information content (AvgIpc) is 2.55. The number of hydrogen-bond acceptors (Lipinski definition) is 3. The van der Waals surface area contributed by atoms with Crippen LogP contribution in [-0.4, -0.2) is 19.1 Å². The van der Waals surface area contributed by atoms with Crippen molar-refractivity contribution in [3.63, 3.8) is 0 Å². The van der Waals surface area contributed by atoms with Gasteiger partial charge in [0.2, 0.25) is 0 Å². The summed E-state index contributed by atoms with van der Waals surface area (Å²) in [4.78, 5) is 12.3. The summed E-state index contributed by atoms with van der Waals surface area (Å²) in [7, 11) is 0. The molecular weight excluding hydrogens is 278 g/mol. The van der Waals surface area contributed by atoms with Gasteiger partial charge in [-0.1, -0.05) is 23.8 Å². The second-order valence-electron chi connectivity index (χ2n) is 5.46. The summed E-state index contributed by atoms with van der Waals surface area (Å²) in [6, 6.07) is 13.2. The summed E-state index contributed by atoms with van der Waals surface area (Å²) in [5.41, 5.74) is 2.79. The molecular formula is C18H19NO3. The normalized spacial score (nSPS) is 14.3. The molecule has 0 aromatic heterocycles. The molecule has 0 saturated heterocycles. The Morgan fingerprint density at radius 1 is 1.05 bits per heavy atom. The van der Waals surface area contributed by atoms with Gasteiger partial charge in [-0.15, -0.1) is 0 Å². The maximum atomic E-state index is 12.3. The standard InChI is InChI=1S/C18H19NO3/c1-12-3-5-14(6-4-12)18(20)19-13(2)15-7-8-16-17(11-15)22-10-9-21-16/h3-8,11,13H,9-10H2,1-2H3,(H,19,20)/t13-/m0/s1. The van der Waals surface area contributed by atoms with Crippen molar-refractivity contribution < 1.29 is 14.3 Å². The van der Waals surface area contributed by atoms with Crippen molar-refractivity contribution >= 4 is 5.91 Å². The zero-order chi connectivity index (χ0) is 15.5. The van der Waals surface area contributed by atoms with Crippen LogP contribution in [0.3, 0.4) is 0 Å². The zero-order valence-electron chi connectivity index (χ0n) is 12.8. The number of hydrogen-bond donors (Lipinski definition) is 1. The second-order valence-corrected chi connectivity index (χ2v) is 5.46. The number of nitrogens with one attached hydrogen (secondary N) is 1. The number of benzene rings is 2. The van der Waals surface area contributed by atoms with Crippen molar-refractivity contribution in [3.8, 4) is 11.5 Å². The first-order valence-corrected chi connectivity index (χ1v) is 7.40. The van der Waals surface area contributed by atoms with Crippen molar-refractivity contribution in [2.24, 2.45) is 0 Å². The van der Waals surface area contributed by atoms with Gasteiger partial charge in [-0.25, -0.2) is 0 Å². The zero-order valence-corrected chi connectivity index (χ0v) is 12.8. The molecule has 0 spiro atoms. The van der Waals surface area contributed by atoms with Crippen LogP contribution < -0.4 is 14.8 Å². The molecule has 0 unspecified atom stereocenters. The van der Waals surface area contributed by atoms with Crippen molar-refractivity contribution in [1.82, 2.24) is 5.32 Å². The molecule has 4 nitrogen and oxygen atoms in total. The highest BCUT2D eigenvalue weighted by atomic mass is 16.6. The van der Waals surface area contributed by atoms with E-state index in [0.717, 1.165) is 22.6 Å². The van der Waals surface area contributed by atoms with Gasteiger partial charge in [0, 0.05) is 5.56 Å². The van der Waals surface area contributed by atoms with E-state index in [2.05, 4.69) is 5.32 Å². The van der Waals surface area contributed by atoms with Crippen LogP contribution in [-0.2, 0) is 0 Å². The Labute approximate surface area is 130 Å². The fraction of sp³-hybridized carbons (Fsp3) is 0.278. The maximum absolute atomic E-state index is 12.3. The third kappa shape index (κ3) is 3.06. The minimum absolute atomic E-state index is 0.0811. The summed E-state index contributed by atoms with van der Waals surface area (Å²) >= 11 is 0. The molecule has 1 heterocycles. The number of aryl methyl sites for hydroxylation is 1. The lowest BCUT2D eigenvalue weighted by atomic mass is 10.1. The Hall–Kier alpha value is -2.49. The molecule has 3 rings (SSSR count). The van der Waals surface area contributed by atoms with E-state index in [-0.39, 0.29) is 11.9 Å². The molecule has 0 aliphatic carbocycles. The summed E-state index contributed by atoms with van der Waals surface area (Å²) in [6.45, 7) is 5.09. The monoisotopic (exact) mass is 297 g/mol. The first kappa shape index (κ1) is 14.4. The van der Waals surface area contributed by atoms with Crippen LogP contribution in [0.2, 0.25) is 0 Å². The highest BCUT2D eigenvalue weighted by molar-refractivity contribution is 5.94. The van der Waals surface area contributed by atoms with E-state index in [0.29, 0.717) is 18.8 Å². The van der Waals surface area contributed by atoms with Gasteiger partial charge in [-0.3, -0.25) is 4.79 Å². The van der Waals surface area contributed by atoms with Gasteiger partial charge >= 0.3 is 0 Å². The van der Waals surface area contributed by atoms with E-state index in [1.807, 2.05) is 56.3 Å². The fourth-order valence-electron chi connectivity index (χ4n) is 2.40. The highest BCUT2D eigenvalue weighted by Gasteiger charge is 2.16. The van der Waals surface area contributed by atoms with Crippen LogP contribution in [0.4, 0.5) is 0 Å². The van der Waals surface area contributed by atoms with E-state index in [1.54, 1.807) is 0 Å². The molecule has 1 aliphatic rings. The average molecular weight is 297 g/mol. The lowest BCUT2D eigenvalue weighted by molar-refractivity contribution is 0.0939. The van der Waals surface area contributed by atoms with Gasteiger partial charge in [0.25, 0.3) is 5.91 Å². The smallest absolute Gasteiger partial charge is 0.251 e. The first-order chi connectivity index (χ1) is 10.6. The second kappa shape index (κ2) is 6.10. The minimum atomic E-state index is -0.107. The molecule has 0 radical (unpaired) electrons. The third-order valence-corrected chi connectivity index (χ3v) is 3.73. The van der Waals surface area contributed by atoms with Crippen molar-refractivity contribution in [3.05, 3.63) is 59.2 Å². The molecule has 1 aliphatic heterocycles. The molecule has 1 amide bonds. The molecule has 114 valence electrons. The molecule has 0 fully saturated rings. The first-order valence-electron chi connectivity index (χ1n) is 7.40. The van der Waals surface area contributed by atoms with Gasteiger partial charge in [0.15, 0.2) is 11.5 Å². The van der Waals surface area contributed by atoms with Gasteiger partial charge in [-0.2, -0.15) is 0 Å². The SMILES string of the molecule is Cc1ccc(C(=O)N[C@@H](C)c2ccc3c(c2)OCCO3)cc1. The third-order valence-electron chi connectivity index (χ3n) is 3.73.